The van der Waals surface area contributed by atoms with Gasteiger partial charge in [0, 0.05) is 25.0 Å². The number of rotatable bonds is 7. The van der Waals surface area contributed by atoms with Crippen LogP contribution in [0.1, 0.15) is 12.6 Å². The summed E-state index contributed by atoms with van der Waals surface area (Å²) < 4.78 is 5.46. The molecule has 0 saturated carbocycles. The zero-order chi connectivity index (χ0) is 19.2. The van der Waals surface area contributed by atoms with Crippen LogP contribution in [-0.2, 0) is 11.2 Å². The third kappa shape index (κ3) is 4.86. The number of anilines is 2. The summed E-state index contributed by atoms with van der Waals surface area (Å²) in [6.45, 7) is 2.61. The molecule has 0 aliphatic heterocycles. The third-order valence-corrected chi connectivity index (χ3v) is 4.91. The number of hydrogen-bond donors (Lipinski definition) is 1. The number of nitrogens with one attached hydrogen (secondary N) is 1. The van der Waals surface area contributed by atoms with Crippen molar-refractivity contribution in [1.82, 2.24) is 4.98 Å². The van der Waals surface area contributed by atoms with E-state index >= 15 is 0 Å². The van der Waals surface area contributed by atoms with Gasteiger partial charge in [-0.05, 0) is 43.3 Å². The lowest BCUT2D eigenvalue weighted by molar-refractivity contribution is -0.115. The van der Waals surface area contributed by atoms with Crippen LogP contribution in [-0.4, -0.2) is 31.6 Å². The summed E-state index contributed by atoms with van der Waals surface area (Å²) in [5.41, 5.74) is 3.56. The minimum atomic E-state index is -0.0761. The molecule has 1 N–H and O–H groups in total. The molecule has 0 aliphatic rings. The first-order valence-corrected chi connectivity index (χ1v) is 9.68. The van der Waals surface area contributed by atoms with E-state index in [1.54, 1.807) is 0 Å². The SMILES string of the molecule is CCOc1ccc(-c2nc(CC(=O)Nc3ccccc3N(C)C)cs2)cc1. The fourth-order valence-corrected chi connectivity index (χ4v) is 3.54. The molecular formula is C21H23N3O2S. The van der Waals surface area contributed by atoms with Crippen LogP contribution in [0.3, 0.4) is 0 Å². The first-order chi connectivity index (χ1) is 13.1. The van der Waals surface area contributed by atoms with Gasteiger partial charge in [0.2, 0.25) is 5.91 Å². The molecule has 3 aromatic rings. The number of nitrogens with zero attached hydrogens (tertiary/aromatic N) is 2. The predicted molar refractivity (Wildman–Crippen MR) is 112 cm³/mol. The van der Waals surface area contributed by atoms with E-state index in [0.29, 0.717) is 6.61 Å². The van der Waals surface area contributed by atoms with Crippen molar-refractivity contribution in [3.05, 3.63) is 59.6 Å². The average Bonchev–Trinajstić information content (AvgIpc) is 3.11. The minimum Gasteiger partial charge on any atom is -0.494 e. The predicted octanol–water partition coefficient (Wildman–Crippen LogP) is 4.46. The second-order valence-electron chi connectivity index (χ2n) is 6.24. The number of benzene rings is 2. The summed E-state index contributed by atoms with van der Waals surface area (Å²) in [6.07, 6.45) is 0.245. The monoisotopic (exact) mass is 381 g/mol. The maximum Gasteiger partial charge on any atom is 0.230 e. The molecule has 27 heavy (non-hydrogen) atoms. The Balaban J connectivity index is 1.66. The molecule has 0 saturated heterocycles. The fraction of sp³-hybridized carbons (Fsp3) is 0.238. The lowest BCUT2D eigenvalue weighted by Crippen LogP contribution is -2.18. The summed E-state index contributed by atoms with van der Waals surface area (Å²) >= 11 is 1.54. The van der Waals surface area contributed by atoms with E-state index in [4.69, 9.17) is 4.74 Å². The molecule has 0 unspecified atom stereocenters. The first-order valence-electron chi connectivity index (χ1n) is 8.80. The second-order valence-corrected chi connectivity index (χ2v) is 7.10. The highest BCUT2D eigenvalue weighted by Crippen LogP contribution is 2.27. The number of ether oxygens (including phenoxy) is 1. The molecule has 1 heterocycles. The molecule has 1 amide bonds. The van der Waals surface area contributed by atoms with E-state index < -0.39 is 0 Å². The first kappa shape index (κ1) is 18.9. The van der Waals surface area contributed by atoms with Crippen LogP contribution in [0.2, 0.25) is 0 Å². The summed E-state index contributed by atoms with van der Waals surface area (Å²) in [6, 6.07) is 15.6. The van der Waals surface area contributed by atoms with E-state index in [-0.39, 0.29) is 12.3 Å². The van der Waals surface area contributed by atoms with E-state index in [1.165, 1.54) is 11.3 Å². The van der Waals surface area contributed by atoms with Crippen LogP contribution >= 0.6 is 11.3 Å². The van der Waals surface area contributed by atoms with Gasteiger partial charge < -0.3 is 15.0 Å². The van der Waals surface area contributed by atoms with Gasteiger partial charge in [-0.3, -0.25) is 4.79 Å². The summed E-state index contributed by atoms with van der Waals surface area (Å²) in [5.74, 6) is 0.768. The van der Waals surface area contributed by atoms with Crippen molar-refractivity contribution >= 4 is 28.6 Å². The number of aromatic nitrogens is 1. The number of hydrogen-bond acceptors (Lipinski definition) is 5. The Morgan fingerprint density at radius 2 is 1.89 bits per heavy atom. The maximum atomic E-state index is 12.4. The number of thiazole rings is 1. The highest BCUT2D eigenvalue weighted by atomic mass is 32.1. The van der Waals surface area contributed by atoms with Gasteiger partial charge in [0.25, 0.3) is 0 Å². The van der Waals surface area contributed by atoms with E-state index in [2.05, 4.69) is 10.3 Å². The molecule has 140 valence electrons. The summed E-state index contributed by atoms with van der Waals surface area (Å²) in [4.78, 5) is 19.0. The van der Waals surface area contributed by atoms with Gasteiger partial charge >= 0.3 is 0 Å². The van der Waals surface area contributed by atoms with Gasteiger partial charge in [0.05, 0.1) is 30.1 Å². The Labute approximate surface area is 163 Å². The van der Waals surface area contributed by atoms with E-state index in [0.717, 1.165) is 33.4 Å². The van der Waals surface area contributed by atoms with Gasteiger partial charge in [-0.15, -0.1) is 11.3 Å². The molecular weight excluding hydrogens is 358 g/mol. The molecule has 5 nitrogen and oxygen atoms in total. The van der Waals surface area contributed by atoms with Crippen molar-refractivity contribution in [3.63, 3.8) is 0 Å². The van der Waals surface area contributed by atoms with Crippen molar-refractivity contribution in [2.45, 2.75) is 13.3 Å². The normalized spacial score (nSPS) is 10.5. The molecule has 6 heteroatoms. The van der Waals surface area contributed by atoms with Crippen LogP contribution in [0, 0.1) is 0 Å². The Morgan fingerprint density at radius 3 is 2.59 bits per heavy atom. The van der Waals surface area contributed by atoms with Crippen LogP contribution < -0.4 is 15.0 Å². The van der Waals surface area contributed by atoms with Gasteiger partial charge in [-0.25, -0.2) is 4.98 Å². The second kappa shape index (κ2) is 8.68. The number of amides is 1. The smallest absolute Gasteiger partial charge is 0.230 e. The molecule has 0 bridgehead atoms. The molecule has 2 aromatic carbocycles. The zero-order valence-electron chi connectivity index (χ0n) is 15.7. The van der Waals surface area contributed by atoms with Crippen molar-refractivity contribution < 1.29 is 9.53 Å². The van der Waals surface area contributed by atoms with Crippen molar-refractivity contribution in [2.24, 2.45) is 0 Å². The molecule has 1 aromatic heterocycles. The Morgan fingerprint density at radius 1 is 1.15 bits per heavy atom. The Bertz CT molecular complexity index is 904. The van der Waals surface area contributed by atoms with Gasteiger partial charge in [0.1, 0.15) is 10.8 Å². The van der Waals surface area contributed by atoms with Gasteiger partial charge in [0.15, 0.2) is 0 Å². The van der Waals surface area contributed by atoms with Crippen LogP contribution in [0.5, 0.6) is 5.75 Å². The largest absolute Gasteiger partial charge is 0.494 e. The number of carbonyl (C=O) groups is 1. The molecule has 3 rings (SSSR count). The standard InChI is InChI=1S/C21H23N3O2S/c1-4-26-17-11-9-15(10-12-17)21-22-16(14-27-21)13-20(25)23-18-7-5-6-8-19(18)24(2)3/h5-12,14H,4,13H2,1-3H3,(H,23,25). The summed E-state index contributed by atoms with van der Waals surface area (Å²) in [7, 11) is 3.91. The van der Waals surface area contributed by atoms with Crippen molar-refractivity contribution in [2.75, 3.05) is 30.9 Å². The van der Waals surface area contributed by atoms with Crippen LogP contribution in [0.15, 0.2) is 53.9 Å². The quantitative estimate of drug-likeness (QED) is 0.657. The van der Waals surface area contributed by atoms with E-state index in [1.807, 2.05) is 79.8 Å². The lowest BCUT2D eigenvalue weighted by atomic mass is 10.2. The fourth-order valence-electron chi connectivity index (χ4n) is 2.71. The topological polar surface area (TPSA) is 54.5 Å². The number of para-hydroxylation sites is 2. The highest BCUT2D eigenvalue weighted by Gasteiger charge is 2.12. The van der Waals surface area contributed by atoms with E-state index in [9.17, 15) is 4.79 Å². The van der Waals surface area contributed by atoms with Gasteiger partial charge in [-0.1, -0.05) is 12.1 Å². The van der Waals surface area contributed by atoms with Crippen molar-refractivity contribution in [1.29, 1.82) is 0 Å². The van der Waals surface area contributed by atoms with Gasteiger partial charge in [-0.2, -0.15) is 0 Å². The minimum absolute atomic E-state index is 0.0761. The van der Waals surface area contributed by atoms with Crippen molar-refractivity contribution in [3.8, 4) is 16.3 Å². The van der Waals surface area contributed by atoms with Crippen LogP contribution in [0.4, 0.5) is 11.4 Å². The lowest BCUT2D eigenvalue weighted by Gasteiger charge is -2.17. The van der Waals surface area contributed by atoms with Crippen LogP contribution in [0.25, 0.3) is 10.6 Å². The zero-order valence-corrected chi connectivity index (χ0v) is 16.5. The molecule has 0 fully saturated rings. The summed E-state index contributed by atoms with van der Waals surface area (Å²) in [5, 5.41) is 5.81. The molecule has 0 aliphatic carbocycles. The molecule has 0 spiro atoms. The average molecular weight is 382 g/mol. The Hall–Kier alpha value is -2.86. The molecule has 0 atom stereocenters. The number of carbonyl (C=O) groups excluding carboxylic acids is 1. The molecule has 0 radical (unpaired) electrons. The Kier molecular flexibility index (Phi) is 6.08. The third-order valence-electron chi connectivity index (χ3n) is 3.97. The maximum absolute atomic E-state index is 12.4. The highest BCUT2D eigenvalue weighted by molar-refractivity contribution is 7.13.